The minimum absolute atomic E-state index is 0.0805. The molecule has 2 atom stereocenters. The largest absolute Gasteiger partial charge is 0.0819 e. The molecule has 3 aromatic carbocycles. The molecule has 38 heavy (non-hydrogen) atoms. The summed E-state index contributed by atoms with van der Waals surface area (Å²) in [6.45, 7) is 16.5. The van der Waals surface area contributed by atoms with Gasteiger partial charge in [0, 0.05) is 0 Å². The first-order valence-electron chi connectivity index (χ1n) is 13.9. The maximum absolute atomic E-state index is 3.54. The summed E-state index contributed by atoms with van der Waals surface area (Å²) in [6.07, 6.45) is 9.02. The molecule has 0 saturated carbocycles. The Balaban J connectivity index is 1.59. The van der Waals surface area contributed by atoms with Crippen LogP contribution < -0.4 is 0 Å². The minimum atomic E-state index is -0.0805. The Labute approximate surface area is 238 Å². The SMILES string of the molecule is Cc1ccc(-c2cc(C)c3c(c2C)/C(=C2/c4c(C)cc(C5=CC=CI=C=C5)c(C)c4C[C@H]2C)[C@H](C)C3)cc1. The molecule has 0 fully saturated rings. The topological polar surface area (TPSA) is 0 Å². The summed E-state index contributed by atoms with van der Waals surface area (Å²) in [4.78, 5) is 0. The fourth-order valence-corrected chi connectivity index (χ4v) is 8.31. The zero-order valence-electron chi connectivity index (χ0n) is 23.7. The zero-order chi connectivity index (χ0) is 26.7. The molecule has 0 saturated heterocycles. The highest BCUT2D eigenvalue weighted by Crippen LogP contribution is 2.53. The van der Waals surface area contributed by atoms with Gasteiger partial charge in [0.25, 0.3) is 0 Å². The van der Waals surface area contributed by atoms with Crippen molar-refractivity contribution in [2.45, 2.75) is 61.3 Å². The maximum Gasteiger partial charge on any atom is -0.00608 e. The van der Waals surface area contributed by atoms with E-state index in [1.165, 1.54) is 55.6 Å². The molecule has 6 rings (SSSR count). The van der Waals surface area contributed by atoms with Crippen LogP contribution in [0.15, 0.2) is 58.7 Å². The number of rotatable bonds is 2. The number of aryl methyl sites for hydroxylation is 3. The summed E-state index contributed by atoms with van der Waals surface area (Å²) in [5, 5.41) is 0. The maximum atomic E-state index is 3.54. The van der Waals surface area contributed by atoms with Crippen LogP contribution in [0, 0.1) is 46.5 Å². The highest BCUT2D eigenvalue weighted by atomic mass is 127. The van der Waals surface area contributed by atoms with Crippen molar-refractivity contribution in [3.05, 3.63) is 114 Å². The summed E-state index contributed by atoms with van der Waals surface area (Å²) in [6, 6.07) is 14.0. The van der Waals surface area contributed by atoms with Gasteiger partial charge in [0.2, 0.25) is 0 Å². The van der Waals surface area contributed by atoms with Crippen molar-refractivity contribution >= 4 is 41.1 Å². The third-order valence-electron chi connectivity index (χ3n) is 9.02. The van der Waals surface area contributed by atoms with Gasteiger partial charge in [-0.05, 0) is 168 Å². The Morgan fingerprint density at radius 1 is 0.737 bits per heavy atom. The Hall–Kier alpha value is -2.74. The lowest BCUT2D eigenvalue weighted by Gasteiger charge is -2.21. The van der Waals surface area contributed by atoms with Gasteiger partial charge < -0.3 is 0 Å². The zero-order valence-corrected chi connectivity index (χ0v) is 25.9. The van der Waals surface area contributed by atoms with Crippen molar-refractivity contribution in [1.29, 1.82) is 0 Å². The molecule has 1 aliphatic heterocycles. The molecule has 0 bridgehead atoms. The molecular weight excluding hydrogens is 571 g/mol. The van der Waals surface area contributed by atoms with Crippen molar-refractivity contribution in [2.75, 3.05) is 0 Å². The van der Waals surface area contributed by atoms with E-state index in [2.05, 4.69) is 111 Å². The lowest BCUT2D eigenvalue weighted by molar-refractivity contribution is 0.751. The van der Waals surface area contributed by atoms with Crippen LogP contribution in [-0.4, -0.2) is 3.67 Å². The second kappa shape index (κ2) is 9.78. The Bertz CT molecular complexity index is 1650. The van der Waals surface area contributed by atoms with Gasteiger partial charge >= 0.3 is 0 Å². The molecule has 0 N–H and O–H groups in total. The number of allylic oxidation sites excluding steroid dienone is 6. The Morgan fingerprint density at radius 3 is 2.13 bits per heavy atom. The quantitative estimate of drug-likeness (QED) is 0.254. The monoisotopic (exact) mass is 608 g/mol. The number of halogens is 1. The highest BCUT2D eigenvalue weighted by molar-refractivity contribution is 14.2. The molecule has 1 heterocycles. The molecule has 0 aromatic heterocycles. The van der Waals surface area contributed by atoms with Crippen molar-refractivity contribution in [3.63, 3.8) is 0 Å². The average molecular weight is 609 g/mol. The third-order valence-corrected chi connectivity index (χ3v) is 10.5. The molecule has 1 heteroatoms. The van der Waals surface area contributed by atoms with E-state index in [1.807, 2.05) is 0 Å². The van der Waals surface area contributed by atoms with Crippen LogP contribution in [0.2, 0.25) is 0 Å². The molecule has 192 valence electrons. The normalized spacial score (nSPS) is 21.7. The smallest absolute Gasteiger partial charge is 0.00608 e. The first kappa shape index (κ1) is 25.5. The predicted molar refractivity (Wildman–Crippen MR) is 175 cm³/mol. The van der Waals surface area contributed by atoms with Crippen molar-refractivity contribution in [2.24, 2.45) is 11.8 Å². The molecule has 0 spiro atoms. The second-order valence-electron chi connectivity index (χ2n) is 11.6. The van der Waals surface area contributed by atoms with Gasteiger partial charge in [-0.3, -0.25) is 0 Å². The van der Waals surface area contributed by atoms with Gasteiger partial charge in [-0.1, -0.05) is 71.6 Å². The van der Waals surface area contributed by atoms with Gasteiger partial charge in [0.05, 0.1) is 0 Å². The van der Waals surface area contributed by atoms with Gasteiger partial charge in [0.1, 0.15) is 0 Å². The van der Waals surface area contributed by atoms with Gasteiger partial charge in [-0.25, -0.2) is 0 Å². The molecular formula is C37H37I. The van der Waals surface area contributed by atoms with E-state index in [0.29, 0.717) is 11.8 Å². The van der Waals surface area contributed by atoms with Gasteiger partial charge in [-0.2, -0.15) is 0 Å². The van der Waals surface area contributed by atoms with Crippen molar-refractivity contribution in [3.8, 4) is 11.1 Å². The standard InChI is InChI=1S/C37H37I/c1-21-10-12-29(13-11-21)32-17-22(2)30-18-24(4)36(37(30)27(32)7)35-25(5)20-33-26(6)31(19-23(3)34(33)35)28-9-8-15-38-16-14-28/h8-15,17,19,24-25H,18,20H2,1-7H3/b36-35+/t24-,25-/m1/s1. The summed E-state index contributed by atoms with van der Waals surface area (Å²) in [5.41, 5.74) is 22.0. The van der Waals surface area contributed by atoms with E-state index in [0.717, 1.165) is 12.8 Å². The first-order valence-corrected chi connectivity index (χ1v) is 16.2. The van der Waals surface area contributed by atoms with E-state index >= 15 is 0 Å². The lowest BCUT2D eigenvalue weighted by atomic mass is 9.83. The van der Waals surface area contributed by atoms with E-state index in [4.69, 9.17) is 0 Å². The van der Waals surface area contributed by atoms with Crippen molar-refractivity contribution in [1.82, 2.24) is 0 Å². The summed E-state index contributed by atoms with van der Waals surface area (Å²) in [5.74, 6) is 1.06. The fraction of sp³-hybridized carbons (Fsp3) is 0.297. The molecule has 0 nitrogen and oxygen atoms in total. The van der Waals surface area contributed by atoms with Crippen LogP contribution in [0.25, 0.3) is 27.8 Å². The molecule has 0 unspecified atom stereocenters. The predicted octanol–water partition coefficient (Wildman–Crippen LogP) is 10.0. The third kappa shape index (κ3) is 4.07. The number of benzene rings is 3. The van der Waals surface area contributed by atoms with E-state index < -0.39 is 0 Å². The number of hydrogen-bond acceptors (Lipinski definition) is 0. The van der Waals surface area contributed by atoms with Crippen LogP contribution in [0.1, 0.15) is 69.5 Å². The summed E-state index contributed by atoms with van der Waals surface area (Å²) in [7, 11) is 0. The lowest BCUT2D eigenvalue weighted by Crippen LogP contribution is -2.03. The van der Waals surface area contributed by atoms with Crippen LogP contribution in [0.5, 0.6) is 0 Å². The highest BCUT2D eigenvalue weighted by Gasteiger charge is 2.37. The van der Waals surface area contributed by atoms with Crippen LogP contribution in [-0.2, 0) is 12.8 Å². The summed E-state index contributed by atoms with van der Waals surface area (Å²) < 4.78 is 5.83. The Kier molecular flexibility index (Phi) is 6.57. The molecule has 0 radical (unpaired) electrons. The van der Waals surface area contributed by atoms with E-state index in [9.17, 15) is 0 Å². The van der Waals surface area contributed by atoms with Crippen molar-refractivity contribution < 1.29 is 0 Å². The summed E-state index contributed by atoms with van der Waals surface area (Å²) >= 11 is -0.0805. The number of fused-ring (bicyclic) bond motifs is 2. The van der Waals surface area contributed by atoms with Gasteiger partial charge in [0.15, 0.2) is 0 Å². The number of hydrogen-bond donors (Lipinski definition) is 0. The molecule has 2 aliphatic carbocycles. The minimum Gasteiger partial charge on any atom is -0.0819 e. The van der Waals surface area contributed by atoms with E-state index in [1.54, 1.807) is 27.8 Å². The average Bonchev–Trinajstić information content (AvgIpc) is 3.27. The molecule has 3 aromatic rings. The van der Waals surface area contributed by atoms with E-state index in [-0.39, 0.29) is 20.7 Å². The fourth-order valence-electron chi connectivity index (χ4n) is 7.17. The molecule has 0 amide bonds. The van der Waals surface area contributed by atoms with Crippen LogP contribution in [0.3, 0.4) is 0 Å². The first-order chi connectivity index (χ1) is 18.3. The van der Waals surface area contributed by atoms with Crippen LogP contribution >= 0.6 is 20.7 Å². The van der Waals surface area contributed by atoms with Crippen LogP contribution in [0.4, 0.5) is 0 Å². The second-order valence-corrected chi connectivity index (χ2v) is 13.6. The Morgan fingerprint density at radius 2 is 1.39 bits per heavy atom. The van der Waals surface area contributed by atoms with Gasteiger partial charge in [-0.15, -0.1) is 0 Å². The molecule has 3 aliphatic rings.